The van der Waals surface area contributed by atoms with Gasteiger partial charge in [-0.3, -0.25) is 0 Å². The van der Waals surface area contributed by atoms with Crippen LogP contribution >= 0.6 is 11.3 Å². The molecule has 3 heterocycles. The van der Waals surface area contributed by atoms with Crippen LogP contribution in [0.5, 0.6) is 5.75 Å². The largest absolute Gasteiger partial charge is 0.573 e. The number of rotatable bonds is 6. The number of anilines is 1. The van der Waals surface area contributed by atoms with Crippen LogP contribution in [-0.2, 0) is 6.54 Å². The summed E-state index contributed by atoms with van der Waals surface area (Å²) in [6.45, 7) is 6.63. The van der Waals surface area contributed by atoms with Crippen molar-refractivity contribution in [2.75, 3.05) is 38.1 Å². The van der Waals surface area contributed by atoms with Crippen LogP contribution in [0, 0.1) is 6.92 Å². The number of nitrogens with zero attached hydrogens (tertiary/aromatic N) is 6. The molecule has 0 bridgehead atoms. The number of alkyl halides is 3. The minimum absolute atomic E-state index is 0.269. The fraction of sp³-hybridized carbons (Fsp3) is 0.320. The molecule has 4 aromatic rings. The first-order valence-electron chi connectivity index (χ1n) is 11.5. The van der Waals surface area contributed by atoms with Gasteiger partial charge in [0.2, 0.25) is 5.82 Å². The van der Waals surface area contributed by atoms with Crippen LogP contribution in [0.15, 0.2) is 53.9 Å². The number of benzene rings is 2. The number of hydrogen-bond acceptors (Lipinski definition) is 7. The molecule has 36 heavy (non-hydrogen) atoms. The van der Waals surface area contributed by atoms with Crippen molar-refractivity contribution in [3.05, 3.63) is 65.3 Å². The lowest BCUT2D eigenvalue weighted by Crippen LogP contribution is -2.44. The van der Waals surface area contributed by atoms with Gasteiger partial charge in [0.1, 0.15) is 11.6 Å². The van der Waals surface area contributed by atoms with Gasteiger partial charge in [-0.05, 0) is 55.9 Å². The van der Waals surface area contributed by atoms with Crippen LogP contribution in [0.4, 0.5) is 18.9 Å². The van der Waals surface area contributed by atoms with E-state index >= 15 is 0 Å². The molecule has 2 aromatic heterocycles. The number of aromatic nitrogens is 4. The van der Waals surface area contributed by atoms with E-state index in [2.05, 4.69) is 60.9 Å². The first-order chi connectivity index (χ1) is 17.2. The zero-order valence-corrected chi connectivity index (χ0v) is 20.7. The van der Waals surface area contributed by atoms with E-state index < -0.39 is 6.36 Å². The number of halogens is 3. The molecule has 1 aliphatic rings. The van der Waals surface area contributed by atoms with Crippen molar-refractivity contribution in [3.63, 3.8) is 0 Å². The average molecular weight is 515 g/mol. The van der Waals surface area contributed by atoms with E-state index in [9.17, 15) is 13.2 Å². The predicted octanol–water partition coefficient (Wildman–Crippen LogP) is 5.08. The molecule has 5 rings (SSSR count). The minimum atomic E-state index is -4.72. The third kappa shape index (κ3) is 5.68. The van der Waals surface area contributed by atoms with Gasteiger partial charge in [-0.25, -0.2) is 14.6 Å². The number of hydrogen-bond donors (Lipinski definition) is 0. The van der Waals surface area contributed by atoms with Crippen molar-refractivity contribution in [1.29, 1.82) is 0 Å². The highest BCUT2D eigenvalue weighted by Crippen LogP contribution is 2.30. The zero-order chi connectivity index (χ0) is 25.3. The molecule has 11 heteroatoms. The highest BCUT2D eigenvalue weighted by atomic mass is 32.1. The standard InChI is InChI=1S/C25H25F3N6OS/c1-17-29-23(24-30-22(16-36-24)19-6-8-21(9-7-19)35-25(26,27)28)31-34(17)15-18-4-3-5-20(14-18)33-12-10-32(2)11-13-33/h3-9,14,16H,10-13,15H2,1-2H3. The maximum Gasteiger partial charge on any atom is 0.573 e. The fourth-order valence-electron chi connectivity index (χ4n) is 4.09. The number of piperazine rings is 1. The van der Waals surface area contributed by atoms with E-state index in [0.29, 0.717) is 28.6 Å². The van der Waals surface area contributed by atoms with Crippen LogP contribution in [0.1, 0.15) is 11.4 Å². The Morgan fingerprint density at radius 3 is 2.47 bits per heavy atom. The molecule has 0 aliphatic carbocycles. The molecular weight excluding hydrogens is 489 g/mol. The van der Waals surface area contributed by atoms with Crippen molar-refractivity contribution < 1.29 is 17.9 Å². The Kier molecular flexibility index (Phi) is 6.67. The van der Waals surface area contributed by atoms with E-state index in [0.717, 1.165) is 37.6 Å². The highest BCUT2D eigenvalue weighted by molar-refractivity contribution is 7.13. The summed E-state index contributed by atoms with van der Waals surface area (Å²) in [7, 11) is 2.15. The van der Waals surface area contributed by atoms with Crippen molar-refractivity contribution >= 4 is 17.0 Å². The number of thiazole rings is 1. The second-order valence-corrected chi connectivity index (χ2v) is 9.57. The van der Waals surface area contributed by atoms with Crippen LogP contribution in [0.2, 0.25) is 0 Å². The van der Waals surface area contributed by atoms with Crippen molar-refractivity contribution in [2.24, 2.45) is 0 Å². The smallest absolute Gasteiger partial charge is 0.406 e. The monoisotopic (exact) mass is 514 g/mol. The summed E-state index contributed by atoms with van der Waals surface area (Å²) in [5.74, 6) is 1.03. The molecule has 0 radical (unpaired) electrons. The Labute approximate surface area is 210 Å². The van der Waals surface area contributed by atoms with Gasteiger partial charge < -0.3 is 14.5 Å². The third-order valence-corrected chi connectivity index (χ3v) is 6.89. The highest BCUT2D eigenvalue weighted by Gasteiger charge is 2.31. The van der Waals surface area contributed by atoms with Gasteiger partial charge in [-0.1, -0.05) is 12.1 Å². The molecule has 0 spiro atoms. The molecule has 0 N–H and O–H groups in total. The molecule has 0 unspecified atom stereocenters. The number of ether oxygens (including phenoxy) is 1. The van der Waals surface area contributed by atoms with Crippen molar-refractivity contribution in [1.82, 2.24) is 24.6 Å². The van der Waals surface area contributed by atoms with E-state index in [4.69, 9.17) is 0 Å². The Bertz CT molecular complexity index is 1330. The lowest BCUT2D eigenvalue weighted by molar-refractivity contribution is -0.274. The molecule has 2 aromatic carbocycles. The van der Waals surface area contributed by atoms with E-state index in [1.807, 2.05) is 17.0 Å². The maximum absolute atomic E-state index is 12.4. The summed E-state index contributed by atoms with van der Waals surface area (Å²) < 4.78 is 43.0. The quantitative estimate of drug-likeness (QED) is 0.358. The van der Waals surface area contributed by atoms with Gasteiger partial charge in [0, 0.05) is 42.8 Å². The second kappa shape index (κ2) is 9.90. The Balaban J connectivity index is 1.29. The van der Waals surface area contributed by atoms with Gasteiger partial charge in [0.05, 0.1) is 12.2 Å². The van der Waals surface area contributed by atoms with Gasteiger partial charge in [-0.15, -0.1) is 29.6 Å². The minimum Gasteiger partial charge on any atom is -0.406 e. The molecular formula is C25H25F3N6OS. The molecule has 0 saturated carbocycles. The first kappa shape index (κ1) is 24.3. The van der Waals surface area contributed by atoms with Crippen molar-refractivity contribution in [3.8, 4) is 27.8 Å². The van der Waals surface area contributed by atoms with E-state index in [1.54, 1.807) is 12.1 Å². The summed E-state index contributed by atoms with van der Waals surface area (Å²) in [5, 5.41) is 7.16. The summed E-state index contributed by atoms with van der Waals surface area (Å²) in [6.07, 6.45) is -4.72. The van der Waals surface area contributed by atoms with E-state index in [-0.39, 0.29) is 5.75 Å². The van der Waals surface area contributed by atoms with Gasteiger partial charge in [0.15, 0.2) is 5.01 Å². The fourth-order valence-corrected chi connectivity index (χ4v) is 4.84. The Morgan fingerprint density at radius 1 is 1.00 bits per heavy atom. The zero-order valence-electron chi connectivity index (χ0n) is 19.9. The molecule has 0 atom stereocenters. The lowest BCUT2D eigenvalue weighted by Gasteiger charge is -2.34. The average Bonchev–Trinajstić information content (AvgIpc) is 3.47. The van der Waals surface area contributed by atoms with Crippen LogP contribution < -0.4 is 9.64 Å². The number of aryl methyl sites for hydroxylation is 1. The lowest BCUT2D eigenvalue weighted by atomic mass is 10.1. The Hall–Kier alpha value is -3.44. The Morgan fingerprint density at radius 2 is 1.75 bits per heavy atom. The SMILES string of the molecule is Cc1nc(-c2nc(-c3ccc(OC(F)(F)F)cc3)cs2)nn1Cc1cccc(N2CCN(C)CC2)c1. The van der Waals surface area contributed by atoms with Gasteiger partial charge >= 0.3 is 6.36 Å². The molecule has 7 nitrogen and oxygen atoms in total. The van der Waals surface area contributed by atoms with Crippen LogP contribution in [-0.4, -0.2) is 64.2 Å². The number of likely N-dealkylation sites (N-methyl/N-ethyl adjacent to an activating group) is 1. The van der Waals surface area contributed by atoms with E-state index in [1.165, 1.54) is 29.2 Å². The molecule has 1 saturated heterocycles. The summed E-state index contributed by atoms with van der Waals surface area (Å²) in [4.78, 5) is 13.9. The van der Waals surface area contributed by atoms with Crippen LogP contribution in [0.3, 0.4) is 0 Å². The summed E-state index contributed by atoms with van der Waals surface area (Å²) >= 11 is 1.39. The normalized spacial score (nSPS) is 14.9. The summed E-state index contributed by atoms with van der Waals surface area (Å²) in [5.41, 5.74) is 3.69. The molecule has 1 aliphatic heterocycles. The topological polar surface area (TPSA) is 59.3 Å². The summed E-state index contributed by atoms with van der Waals surface area (Å²) in [6, 6.07) is 14.2. The predicted molar refractivity (Wildman–Crippen MR) is 133 cm³/mol. The molecule has 1 fully saturated rings. The van der Waals surface area contributed by atoms with Crippen LogP contribution in [0.25, 0.3) is 22.1 Å². The third-order valence-electron chi connectivity index (χ3n) is 6.05. The molecule has 0 amide bonds. The first-order valence-corrected chi connectivity index (χ1v) is 12.4. The van der Waals surface area contributed by atoms with Crippen molar-refractivity contribution in [2.45, 2.75) is 19.8 Å². The maximum atomic E-state index is 12.4. The van der Waals surface area contributed by atoms with Gasteiger partial charge in [-0.2, -0.15) is 0 Å². The second-order valence-electron chi connectivity index (χ2n) is 8.71. The molecule has 188 valence electrons. The van der Waals surface area contributed by atoms with Gasteiger partial charge in [0.25, 0.3) is 0 Å².